The van der Waals surface area contributed by atoms with Crippen LogP contribution in [0.4, 0.5) is 0 Å². The van der Waals surface area contributed by atoms with Crippen LogP contribution >= 0.6 is 0 Å². The van der Waals surface area contributed by atoms with E-state index in [1.807, 2.05) is 18.2 Å². The Balaban J connectivity index is 1.67. The van der Waals surface area contributed by atoms with Crippen LogP contribution in [0.15, 0.2) is 42.5 Å². The van der Waals surface area contributed by atoms with E-state index in [0.29, 0.717) is 13.1 Å². The van der Waals surface area contributed by atoms with Crippen LogP contribution in [0.2, 0.25) is 0 Å². The molecule has 4 rings (SSSR count). The van der Waals surface area contributed by atoms with Gasteiger partial charge < -0.3 is 10.2 Å². The molecule has 0 radical (unpaired) electrons. The number of benzene rings is 2. The van der Waals surface area contributed by atoms with Crippen molar-refractivity contribution in [3.8, 4) is 11.3 Å². The quantitative estimate of drug-likeness (QED) is 0.762. The zero-order valence-corrected chi connectivity index (χ0v) is 14.6. The van der Waals surface area contributed by atoms with Crippen LogP contribution in [-0.2, 0) is 22.6 Å². The van der Waals surface area contributed by atoms with Crippen molar-refractivity contribution in [1.82, 2.24) is 20.4 Å². The Labute approximate surface area is 151 Å². The van der Waals surface area contributed by atoms with Gasteiger partial charge in [-0.1, -0.05) is 42.5 Å². The lowest BCUT2D eigenvalue weighted by molar-refractivity contribution is -0.133. The molecule has 2 amide bonds. The van der Waals surface area contributed by atoms with Gasteiger partial charge in [0.15, 0.2) is 0 Å². The fraction of sp³-hybridized carbons (Fsp3) is 0.250. The van der Waals surface area contributed by atoms with Crippen molar-refractivity contribution in [2.24, 2.45) is 0 Å². The molecule has 0 bridgehead atoms. The maximum absolute atomic E-state index is 12.4. The van der Waals surface area contributed by atoms with E-state index in [-0.39, 0.29) is 18.4 Å². The van der Waals surface area contributed by atoms with E-state index in [1.165, 1.54) is 6.92 Å². The maximum Gasteiger partial charge on any atom is 0.242 e. The van der Waals surface area contributed by atoms with Gasteiger partial charge in [0.2, 0.25) is 11.8 Å². The third-order valence-electron chi connectivity index (χ3n) is 4.82. The molecule has 132 valence electrons. The van der Waals surface area contributed by atoms with E-state index in [1.54, 1.807) is 4.90 Å². The Morgan fingerprint density at radius 3 is 2.85 bits per heavy atom. The molecule has 0 aliphatic carbocycles. The average molecular weight is 348 g/mol. The Hall–Kier alpha value is -3.15. The van der Waals surface area contributed by atoms with E-state index in [4.69, 9.17) is 0 Å². The van der Waals surface area contributed by atoms with Crippen LogP contribution in [0, 0.1) is 0 Å². The highest BCUT2D eigenvalue weighted by molar-refractivity contribution is 5.96. The minimum Gasteiger partial charge on any atom is -0.347 e. The van der Waals surface area contributed by atoms with Crippen LogP contribution in [0.5, 0.6) is 0 Å². The van der Waals surface area contributed by atoms with E-state index in [2.05, 4.69) is 39.8 Å². The number of fused-ring (bicyclic) bond motifs is 2. The highest BCUT2D eigenvalue weighted by Crippen LogP contribution is 2.33. The van der Waals surface area contributed by atoms with Crippen molar-refractivity contribution in [2.45, 2.75) is 19.9 Å². The molecule has 6 heteroatoms. The monoisotopic (exact) mass is 348 g/mol. The molecule has 0 unspecified atom stereocenters. The minimum absolute atomic E-state index is 0.0338. The van der Waals surface area contributed by atoms with Crippen molar-refractivity contribution in [2.75, 3.05) is 13.1 Å². The van der Waals surface area contributed by atoms with E-state index < -0.39 is 0 Å². The Bertz CT molecular complexity index is 987. The fourth-order valence-corrected chi connectivity index (χ4v) is 3.47. The molecular formula is C20H20N4O2. The van der Waals surface area contributed by atoms with Gasteiger partial charge >= 0.3 is 0 Å². The van der Waals surface area contributed by atoms with E-state index >= 15 is 0 Å². The molecular weight excluding hydrogens is 328 g/mol. The topological polar surface area (TPSA) is 78.1 Å². The van der Waals surface area contributed by atoms with E-state index in [9.17, 15) is 9.59 Å². The summed E-state index contributed by atoms with van der Waals surface area (Å²) in [5.41, 5.74) is 4.10. The zero-order chi connectivity index (χ0) is 18.1. The number of carbonyl (C=O) groups excluding carboxylic acids is 2. The maximum atomic E-state index is 12.4. The summed E-state index contributed by atoms with van der Waals surface area (Å²) < 4.78 is 0. The van der Waals surface area contributed by atoms with Crippen LogP contribution in [-0.4, -0.2) is 40.0 Å². The van der Waals surface area contributed by atoms with Crippen molar-refractivity contribution in [3.63, 3.8) is 0 Å². The standard InChI is InChI=1S/C20H20N4O2/c1-13(25)21-11-19(26)24-10-9-18-17(12-24)20(23-22-18)16-8-4-6-14-5-2-3-7-15(14)16/h2-8H,9-12H2,1H3,(H,21,25)(H,22,23). The smallest absolute Gasteiger partial charge is 0.242 e. The van der Waals surface area contributed by atoms with Crippen LogP contribution < -0.4 is 5.32 Å². The zero-order valence-electron chi connectivity index (χ0n) is 14.6. The molecule has 0 saturated heterocycles. The SMILES string of the molecule is CC(=O)NCC(=O)N1CCc2[nH]nc(-c3cccc4ccccc34)c2C1. The first-order chi connectivity index (χ1) is 12.6. The van der Waals surface area contributed by atoms with Gasteiger partial charge in [-0.05, 0) is 10.8 Å². The number of aromatic amines is 1. The third-order valence-corrected chi connectivity index (χ3v) is 4.82. The summed E-state index contributed by atoms with van der Waals surface area (Å²) in [6.07, 6.45) is 0.735. The highest BCUT2D eigenvalue weighted by atomic mass is 16.2. The molecule has 0 spiro atoms. The second-order valence-electron chi connectivity index (χ2n) is 6.53. The summed E-state index contributed by atoms with van der Waals surface area (Å²) in [6.45, 7) is 2.58. The molecule has 1 aromatic heterocycles. The summed E-state index contributed by atoms with van der Waals surface area (Å²) in [5.74, 6) is -0.272. The van der Waals surface area contributed by atoms with E-state index in [0.717, 1.165) is 39.7 Å². The Kier molecular flexibility index (Phi) is 4.16. The van der Waals surface area contributed by atoms with Gasteiger partial charge in [-0.2, -0.15) is 5.10 Å². The second-order valence-corrected chi connectivity index (χ2v) is 6.53. The van der Waals surface area contributed by atoms with Crippen molar-refractivity contribution >= 4 is 22.6 Å². The van der Waals surface area contributed by atoms with Gasteiger partial charge in [-0.25, -0.2) is 0 Å². The first-order valence-corrected chi connectivity index (χ1v) is 8.70. The molecule has 2 N–H and O–H groups in total. The predicted molar refractivity (Wildman–Crippen MR) is 99.3 cm³/mol. The summed E-state index contributed by atoms with van der Waals surface area (Å²) in [4.78, 5) is 25.2. The molecule has 0 saturated carbocycles. The molecule has 2 heterocycles. The van der Waals surface area contributed by atoms with Gasteiger partial charge in [0.05, 0.1) is 12.2 Å². The molecule has 26 heavy (non-hydrogen) atoms. The van der Waals surface area contributed by atoms with Crippen molar-refractivity contribution in [1.29, 1.82) is 0 Å². The molecule has 1 aliphatic rings. The average Bonchev–Trinajstić information content (AvgIpc) is 3.08. The van der Waals surface area contributed by atoms with Gasteiger partial charge in [-0.3, -0.25) is 14.7 Å². The second kappa shape index (κ2) is 6.63. The Morgan fingerprint density at radius 1 is 1.19 bits per heavy atom. The first-order valence-electron chi connectivity index (χ1n) is 8.70. The van der Waals surface area contributed by atoms with Gasteiger partial charge in [-0.15, -0.1) is 0 Å². The number of H-pyrrole nitrogens is 1. The lowest BCUT2D eigenvalue weighted by Crippen LogP contribution is -2.42. The molecule has 6 nitrogen and oxygen atoms in total. The largest absolute Gasteiger partial charge is 0.347 e. The number of nitrogens with one attached hydrogen (secondary N) is 2. The van der Waals surface area contributed by atoms with Crippen LogP contribution in [0.3, 0.4) is 0 Å². The molecule has 1 aliphatic heterocycles. The molecule has 3 aromatic rings. The predicted octanol–water partition coefficient (Wildman–Crippen LogP) is 2.25. The summed E-state index contributed by atoms with van der Waals surface area (Å²) >= 11 is 0. The minimum atomic E-state index is -0.198. The first kappa shape index (κ1) is 16.3. The number of hydrogen-bond donors (Lipinski definition) is 2. The number of amides is 2. The third kappa shape index (κ3) is 2.94. The number of rotatable bonds is 3. The molecule has 2 aromatic carbocycles. The lowest BCUT2D eigenvalue weighted by atomic mass is 9.97. The van der Waals surface area contributed by atoms with Gasteiger partial charge in [0.1, 0.15) is 0 Å². The highest BCUT2D eigenvalue weighted by Gasteiger charge is 2.26. The number of nitrogens with zero attached hydrogens (tertiary/aromatic N) is 2. The van der Waals surface area contributed by atoms with Gasteiger partial charge in [0.25, 0.3) is 0 Å². The summed E-state index contributed by atoms with van der Waals surface area (Å²) in [7, 11) is 0. The number of carbonyl (C=O) groups is 2. The fourth-order valence-electron chi connectivity index (χ4n) is 3.47. The normalized spacial score (nSPS) is 13.5. The molecule has 0 fully saturated rings. The van der Waals surface area contributed by atoms with Crippen molar-refractivity contribution in [3.05, 3.63) is 53.7 Å². The Morgan fingerprint density at radius 2 is 2.00 bits per heavy atom. The number of aromatic nitrogens is 2. The van der Waals surface area contributed by atoms with Crippen molar-refractivity contribution < 1.29 is 9.59 Å². The molecule has 0 atom stereocenters. The van der Waals surface area contributed by atoms with Crippen LogP contribution in [0.1, 0.15) is 18.2 Å². The van der Waals surface area contributed by atoms with Gasteiger partial charge in [0, 0.05) is 43.3 Å². The lowest BCUT2D eigenvalue weighted by Gasteiger charge is -2.27. The van der Waals surface area contributed by atoms with Crippen LogP contribution in [0.25, 0.3) is 22.0 Å². The summed E-state index contributed by atoms with van der Waals surface area (Å²) in [6, 6.07) is 14.4. The summed E-state index contributed by atoms with van der Waals surface area (Å²) in [5, 5.41) is 12.6. The number of hydrogen-bond acceptors (Lipinski definition) is 3.